The van der Waals surface area contributed by atoms with Gasteiger partial charge in [0.15, 0.2) is 11.5 Å². The molecule has 0 saturated carbocycles. The average Bonchev–Trinajstić information content (AvgIpc) is 2.87. The summed E-state index contributed by atoms with van der Waals surface area (Å²) in [6.45, 7) is 6.40. The summed E-state index contributed by atoms with van der Waals surface area (Å²) in [5, 5.41) is 14.9. The molecule has 36 heavy (non-hydrogen) atoms. The molecule has 10 heteroatoms. The summed E-state index contributed by atoms with van der Waals surface area (Å²) in [6.07, 6.45) is 3.09. The molecule has 0 aliphatic heterocycles. The fraction of sp³-hybridized carbons (Fsp3) is 0.154. The van der Waals surface area contributed by atoms with Gasteiger partial charge in [-0.05, 0) is 61.0 Å². The van der Waals surface area contributed by atoms with Crippen LogP contribution in [-0.4, -0.2) is 30.3 Å². The number of amides is 1. The molecule has 3 rings (SSSR count). The van der Waals surface area contributed by atoms with Gasteiger partial charge in [-0.1, -0.05) is 28.6 Å². The van der Waals surface area contributed by atoms with E-state index in [1.54, 1.807) is 48.5 Å². The number of nitro groups is 1. The van der Waals surface area contributed by atoms with Crippen LogP contribution in [0.15, 0.2) is 82.9 Å². The molecule has 0 fully saturated rings. The van der Waals surface area contributed by atoms with Crippen LogP contribution in [0.1, 0.15) is 28.4 Å². The largest absolute Gasteiger partial charge is 0.490 e. The summed E-state index contributed by atoms with van der Waals surface area (Å²) >= 11 is 3.42. The van der Waals surface area contributed by atoms with Crippen molar-refractivity contribution in [1.29, 1.82) is 0 Å². The minimum absolute atomic E-state index is 0.0123. The monoisotopic (exact) mass is 553 g/mol. The number of halogens is 1. The van der Waals surface area contributed by atoms with Gasteiger partial charge in [0.1, 0.15) is 19.0 Å². The van der Waals surface area contributed by atoms with Crippen LogP contribution in [-0.2, 0) is 6.61 Å². The number of rotatable bonds is 12. The highest BCUT2D eigenvalue weighted by atomic mass is 79.9. The molecule has 0 aromatic heterocycles. The van der Waals surface area contributed by atoms with E-state index in [4.69, 9.17) is 14.2 Å². The van der Waals surface area contributed by atoms with Crippen molar-refractivity contribution in [3.63, 3.8) is 0 Å². The summed E-state index contributed by atoms with van der Waals surface area (Å²) in [6, 6.07) is 16.3. The lowest BCUT2D eigenvalue weighted by Gasteiger charge is -2.12. The quantitative estimate of drug-likeness (QED) is 0.134. The van der Waals surface area contributed by atoms with Crippen LogP contribution in [0.25, 0.3) is 0 Å². The van der Waals surface area contributed by atoms with Crippen molar-refractivity contribution in [3.05, 3.63) is 105 Å². The molecule has 0 aliphatic rings. The predicted molar refractivity (Wildman–Crippen MR) is 140 cm³/mol. The van der Waals surface area contributed by atoms with E-state index in [1.807, 2.05) is 13.0 Å². The topological polar surface area (TPSA) is 112 Å². The van der Waals surface area contributed by atoms with Crippen molar-refractivity contribution in [1.82, 2.24) is 5.43 Å². The number of non-ortho nitro benzene ring substituents is 1. The molecule has 0 unspecified atom stereocenters. The Morgan fingerprint density at radius 1 is 1.06 bits per heavy atom. The van der Waals surface area contributed by atoms with Gasteiger partial charge in [-0.15, -0.1) is 0 Å². The lowest BCUT2D eigenvalue weighted by atomic mass is 10.2. The first-order valence-electron chi connectivity index (χ1n) is 10.9. The van der Waals surface area contributed by atoms with E-state index in [2.05, 4.69) is 33.0 Å². The van der Waals surface area contributed by atoms with Crippen LogP contribution >= 0.6 is 15.9 Å². The third-order valence-electron chi connectivity index (χ3n) is 4.75. The zero-order valence-corrected chi connectivity index (χ0v) is 21.1. The Morgan fingerprint density at radius 3 is 2.50 bits per heavy atom. The van der Waals surface area contributed by atoms with Crippen molar-refractivity contribution in [2.75, 3.05) is 13.2 Å². The van der Waals surface area contributed by atoms with Crippen LogP contribution in [0.4, 0.5) is 5.69 Å². The predicted octanol–water partition coefficient (Wildman–Crippen LogP) is 5.66. The number of nitro benzene ring substituents is 1. The Hall–Kier alpha value is -4.18. The number of carbonyl (C=O) groups excluding carboxylic acids is 1. The van der Waals surface area contributed by atoms with E-state index in [9.17, 15) is 14.9 Å². The Morgan fingerprint density at radius 2 is 1.81 bits per heavy atom. The van der Waals surface area contributed by atoms with E-state index < -0.39 is 10.8 Å². The van der Waals surface area contributed by atoms with E-state index in [-0.39, 0.29) is 12.3 Å². The molecule has 0 spiro atoms. The molecule has 0 bridgehead atoms. The van der Waals surface area contributed by atoms with Gasteiger partial charge in [0, 0.05) is 27.7 Å². The SMILES string of the molecule is C=CCOc1ccc(C(=O)N/N=C/c2cc(Br)ccc2OCc2ccc([N+](=O)[O-])cc2)cc1OCC. The Balaban J connectivity index is 1.68. The van der Waals surface area contributed by atoms with Crippen LogP contribution < -0.4 is 19.6 Å². The van der Waals surface area contributed by atoms with Crippen LogP contribution in [0.2, 0.25) is 0 Å². The first-order chi connectivity index (χ1) is 17.4. The van der Waals surface area contributed by atoms with E-state index in [0.29, 0.717) is 41.6 Å². The van der Waals surface area contributed by atoms with E-state index >= 15 is 0 Å². The second kappa shape index (κ2) is 13.1. The molecule has 3 aromatic carbocycles. The summed E-state index contributed by atoms with van der Waals surface area (Å²) in [5.74, 6) is 1.06. The number of nitrogens with zero attached hydrogens (tertiary/aromatic N) is 2. The van der Waals surface area contributed by atoms with Gasteiger partial charge in [-0.3, -0.25) is 14.9 Å². The standard InChI is InChI=1S/C26H24BrN3O6/c1-3-13-35-24-11-7-19(15-25(24)34-4-2)26(31)29-28-16-20-14-21(27)8-12-23(20)36-17-18-5-9-22(10-6-18)30(32)33/h3,5-12,14-16H,1,4,13,17H2,2H3,(H,29,31)/b28-16+. The number of benzene rings is 3. The maximum atomic E-state index is 12.6. The second-order valence-electron chi connectivity index (χ2n) is 7.29. The molecule has 186 valence electrons. The minimum atomic E-state index is -0.453. The highest BCUT2D eigenvalue weighted by Crippen LogP contribution is 2.28. The molecule has 0 radical (unpaired) electrons. The van der Waals surface area contributed by atoms with Gasteiger partial charge in [0.25, 0.3) is 11.6 Å². The number of hydrazone groups is 1. The van der Waals surface area contributed by atoms with Gasteiger partial charge in [-0.25, -0.2) is 5.43 Å². The van der Waals surface area contributed by atoms with Crippen molar-refractivity contribution < 1.29 is 23.9 Å². The molecule has 0 atom stereocenters. The first kappa shape index (κ1) is 26.4. The van der Waals surface area contributed by atoms with Gasteiger partial charge in [0.05, 0.1) is 17.7 Å². The molecule has 1 N–H and O–H groups in total. The average molecular weight is 554 g/mol. The van der Waals surface area contributed by atoms with E-state index in [1.165, 1.54) is 18.3 Å². The van der Waals surface area contributed by atoms with Gasteiger partial charge in [0.2, 0.25) is 0 Å². The third-order valence-corrected chi connectivity index (χ3v) is 5.24. The fourth-order valence-electron chi connectivity index (χ4n) is 3.04. The van der Waals surface area contributed by atoms with Crippen molar-refractivity contribution in [3.8, 4) is 17.2 Å². The molecule has 0 aliphatic carbocycles. The number of hydrogen-bond donors (Lipinski definition) is 1. The zero-order chi connectivity index (χ0) is 25.9. The summed E-state index contributed by atoms with van der Waals surface area (Å²) < 4.78 is 17.8. The molecular formula is C26H24BrN3O6. The molecule has 0 saturated heterocycles. The fourth-order valence-corrected chi connectivity index (χ4v) is 3.42. The highest BCUT2D eigenvalue weighted by Gasteiger charge is 2.12. The van der Waals surface area contributed by atoms with Crippen LogP contribution in [0.5, 0.6) is 17.2 Å². The second-order valence-corrected chi connectivity index (χ2v) is 8.20. The normalized spacial score (nSPS) is 10.6. The van der Waals surface area contributed by atoms with Crippen molar-refractivity contribution in [2.45, 2.75) is 13.5 Å². The molecule has 1 amide bonds. The summed E-state index contributed by atoms with van der Waals surface area (Å²) in [5.41, 5.74) is 4.25. The first-order valence-corrected chi connectivity index (χ1v) is 11.7. The number of carbonyl (C=O) groups is 1. The Kier molecular flexibility index (Phi) is 9.58. The van der Waals surface area contributed by atoms with Crippen molar-refractivity contribution in [2.24, 2.45) is 5.10 Å². The summed E-state index contributed by atoms with van der Waals surface area (Å²) in [4.78, 5) is 23.0. The smallest absolute Gasteiger partial charge is 0.271 e. The highest BCUT2D eigenvalue weighted by molar-refractivity contribution is 9.10. The molecule has 3 aromatic rings. The molecular weight excluding hydrogens is 530 g/mol. The molecule has 9 nitrogen and oxygen atoms in total. The minimum Gasteiger partial charge on any atom is -0.490 e. The lowest BCUT2D eigenvalue weighted by Crippen LogP contribution is -2.18. The van der Waals surface area contributed by atoms with Gasteiger partial charge < -0.3 is 14.2 Å². The number of ether oxygens (including phenoxy) is 3. The molecule has 0 heterocycles. The zero-order valence-electron chi connectivity index (χ0n) is 19.5. The summed E-state index contributed by atoms with van der Waals surface area (Å²) in [7, 11) is 0. The van der Waals surface area contributed by atoms with Crippen molar-refractivity contribution >= 4 is 33.7 Å². The number of hydrogen-bond acceptors (Lipinski definition) is 7. The number of nitrogens with one attached hydrogen (secondary N) is 1. The third kappa shape index (κ3) is 7.41. The maximum absolute atomic E-state index is 12.6. The van der Waals surface area contributed by atoms with Gasteiger partial charge >= 0.3 is 0 Å². The Bertz CT molecular complexity index is 1260. The lowest BCUT2D eigenvalue weighted by molar-refractivity contribution is -0.384. The van der Waals surface area contributed by atoms with Crippen LogP contribution in [0.3, 0.4) is 0 Å². The van der Waals surface area contributed by atoms with E-state index in [0.717, 1.165) is 10.0 Å². The Labute approximate surface area is 216 Å². The van der Waals surface area contributed by atoms with Crippen LogP contribution in [0, 0.1) is 10.1 Å². The van der Waals surface area contributed by atoms with Gasteiger partial charge in [-0.2, -0.15) is 5.10 Å². The maximum Gasteiger partial charge on any atom is 0.271 e.